The van der Waals surface area contributed by atoms with Crippen molar-refractivity contribution in [3.63, 3.8) is 0 Å². The highest BCUT2D eigenvalue weighted by atomic mass is 16.2. The zero-order valence-corrected chi connectivity index (χ0v) is 13.1. The van der Waals surface area contributed by atoms with Crippen molar-refractivity contribution >= 4 is 17.5 Å². The van der Waals surface area contributed by atoms with Crippen LogP contribution in [0.2, 0.25) is 0 Å². The summed E-state index contributed by atoms with van der Waals surface area (Å²) in [7, 11) is 0. The van der Waals surface area contributed by atoms with Gasteiger partial charge >= 0.3 is 0 Å². The van der Waals surface area contributed by atoms with Crippen LogP contribution in [0.15, 0.2) is 18.2 Å². The minimum Gasteiger partial charge on any atom is -0.370 e. The molecule has 20 heavy (non-hydrogen) atoms. The number of rotatable bonds is 6. The second kappa shape index (κ2) is 7.12. The van der Waals surface area contributed by atoms with Crippen molar-refractivity contribution in [2.45, 2.75) is 52.6 Å². The molecule has 0 saturated carbocycles. The molecule has 1 unspecified atom stereocenters. The highest BCUT2D eigenvalue weighted by molar-refractivity contribution is 5.84. The van der Waals surface area contributed by atoms with Crippen LogP contribution in [0.25, 0.3) is 0 Å². The van der Waals surface area contributed by atoms with E-state index in [2.05, 4.69) is 27.9 Å². The predicted molar refractivity (Wildman–Crippen MR) is 84.0 cm³/mol. The second-order valence-corrected chi connectivity index (χ2v) is 5.94. The Balaban J connectivity index is 2.61. The van der Waals surface area contributed by atoms with E-state index in [1.165, 1.54) is 0 Å². The van der Waals surface area contributed by atoms with Gasteiger partial charge in [0, 0.05) is 12.1 Å². The van der Waals surface area contributed by atoms with E-state index in [1.807, 2.05) is 45.9 Å². The van der Waals surface area contributed by atoms with Gasteiger partial charge in [0.1, 0.15) is 17.7 Å². The summed E-state index contributed by atoms with van der Waals surface area (Å²) in [6.07, 6.45) is 1.05. The number of hydrogen-bond acceptors (Lipinski definition) is 4. The summed E-state index contributed by atoms with van der Waals surface area (Å²) in [4.78, 5) is 16.4. The number of carbonyl (C=O) groups is 1. The molecule has 0 spiro atoms. The first-order valence-corrected chi connectivity index (χ1v) is 7.11. The largest absolute Gasteiger partial charge is 0.370 e. The molecule has 112 valence electrons. The summed E-state index contributed by atoms with van der Waals surface area (Å²) in [5, 5.41) is 9.28. The molecule has 0 aliphatic heterocycles. The van der Waals surface area contributed by atoms with Gasteiger partial charge in [-0.2, -0.15) is 0 Å². The number of amides is 1. The molecule has 1 aromatic rings. The first kappa shape index (κ1) is 16.3. The average Bonchev–Trinajstić information content (AvgIpc) is 2.34. The molecule has 5 heteroatoms. The number of nitrogens with one attached hydrogen (secondary N) is 3. The number of pyridine rings is 1. The number of hydrogen-bond donors (Lipinski definition) is 3. The van der Waals surface area contributed by atoms with E-state index in [-0.39, 0.29) is 17.5 Å². The number of nitrogens with zero attached hydrogens (tertiary/aromatic N) is 1. The molecule has 1 heterocycles. The van der Waals surface area contributed by atoms with E-state index in [4.69, 9.17) is 0 Å². The average molecular weight is 278 g/mol. The molecule has 0 aliphatic rings. The maximum atomic E-state index is 12.0. The Labute approximate surface area is 121 Å². The Morgan fingerprint density at radius 2 is 1.95 bits per heavy atom. The highest BCUT2D eigenvalue weighted by Crippen LogP contribution is 2.11. The lowest BCUT2D eigenvalue weighted by Crippen LogP contribution is -2.47. The van der Waals surface area contributed by atoms with E-state index in [0.29, 0.717) is 5.82 Å². The SMILES string of the molecule is CCCNc1cccc(NC(C)C(=O)NC(C)(C)C)n1. The van der Waals surface area contributed by atoms with Crippen molar-refractivity contribution in [2.75, 3.05) is 17.2 Å². The van der Waals surface area contributed by atoms with Gasteiger partial charge in [-0.1, -0.05) is 13.0 Å². The van der Waals surface area contributed by atoms with Gasteiger partial charge in [-0.25, -0.2) is 4.98 Å². The number of anilines is 2. The van der Waals surface area contributed by atoms with Crippen molar-refractivity contribution in [1.29, 1.82) is 0 Å². The van der Waals surface area contributed by atoms with Crippen LogP contribution >= 0.6 is 0 Å². The zero-order chi connectivity index (χ0) is 15.2. The van der Waals surface area contributed by atoms with Crippen molar-refractivity contribution in [2.24, 2.45) is 0 Å². The molecule has 0 aliphatic carbocycles. The quantitative estimate of drug-likeness (QED) is 0.748. The van der Waals surface area contributed by atoms with Crippen LogP contribution in [0.5, 0.6) is 0 Å². The first-order chi connectivity index (χ1) is 9.31. The minimum absolute atomic E-state index is 0.0359. The van der Waals surface area contributed by atoms with Crippen molar-refractivity contribution in [1.82, 2.24) is 10.3 Å². The molecule has 0 fully saturated rings. The maximum Gasteiger partial charge on any atom is 0.242 e. The van der Waals surface area contributed by atoms with Crippen molar-refractivity contribution < 1.29 is 4.79 Å². The molecule has 0 bridgehead atoms. The predicted octanol–water partition coefficient (Wildman–Crippen LogP) is 2.62. The summed E-state index contributed by atoms with van der Waals surface area (Å²) in [5.74, 6) is 1.48. The third kappa shape index (κ3) is 5.91. The van der Waals surface area contributed by atoms with Gasteiger partial charge in [0.2, 0.25) is 5.91 Å². The molecular formula is C15H26N4O. The van der Waals surface area contributed by atoms with Crippen LogP contribution in [0.3, 0.4) is 0 Å². The van der Waals surface area contributed by atoms with E-state index >= 15 is 0 Å². The van der Waals surface area contributed by atoms with Crippen LogP contribution in [0, 0.1) is 0 Å². The molecule has 1 atom stereocenters. The summed E-state index contributed by atoms with van der Waals surface area (Å²) in [6, 6.07) is 5.36. The van der Waals surface area contributed by atoms with E-state index in [1.54, 1.807) is 0 Å². The van der Waals surface area contributed by atoms with Crippen LogP contribution in [-0.2, 0) is 4.79 Å². The standard InChI is InChI=1S/C15H26N4O/c1-6-10-16-12-8-7-9-13(18-12)17-11(2)14(20)19-15(3,4)5/h7-9,11H,6,10H2,1-5H3,(H,19,20)(H2,16,17,18). The van der Waals surface area contributed by atoms with Gasteiger partial charge in [-0.15, -0.1) is 0 Å². The second-order valence-electron chi connectivity index (χ2n) is 5.94. The van der Waals surface area contributed by atoms with Gasteiger partial charge in [-0.05, 0) is 46.2 Å². The Bertz CT molecular complexity index is 440. The Hall–Kier alpha value is -1.78. The van der Waals surface area contributed by atoms with Gasteiger partial charge in [0.25, 0.3) is 0 Å². The first-order valence-electron chi connectivity index (χ1n) is 7.11. The van der Waals surface area contributed by atoms with Crippen LogP contribution < -0.4 is 16.0 Å². The monoisotopic (exact) mass is 278 g/mol. The third-order valence-electron chi connectivity index (χ3n) is 2.56. The smallest absolute Gasteiger partial charge is 0.242 e. The Morgan fingerprint density at radius 1 is 1.30 bits per heavy atom. The topological polar surface area (TPSA) is 66.0 Å². The lowest BCUT2D eigenvalue weighted by atomic mass is 10.1. The van der Waals surface area contributed by atoms with Gasteiger partial charge in [0.05, 0.1) is 0 Å². The van der Waals surface area contributed by atoms with Crippen LogP contribution in [0.4, 0.5) is 11.6 Å². The van der Waals surface area contributed by atoms with E-state index in [9.17, 15) is 4.79 Å². The summed E-state index contributed by atoms with van der Waals surface area (Å²) < 4.78 is 0. The number of aromatic nitrogens is 1. The zero-order valence-electron chi connectivity index (χ0n) is 13.1. The highest BCUT2D eigenvalue weighted by Gasteiger charge is 2.19. The molecule has 1 rings (SSSR count). The fourth-order valence-electron chi connectivity index (χ4n) is 1.63. The van der Waals surface area contributed by atoms with Gasteiger partial charge in [0.15, 0.2) is 0 Å². The lowest BCUT2D eigenvalue weighted by molar-refractivity contribution is -0.122. The molecule has 3 N–H and O–H groups in total. The lowest BCUT2D eigenvalue weighted by Gasteiger charge is -2.24. The maximum absolute atomic E-state index is 12.0. The fraction of sp³-hybridized carbons (Fsp3) is 0.600. The van der Waals surface area contributed by atoms with Crippen molar-refractivity contribution in [3.05, 3.63) is 18.2 Å². The Kier molecular flexibility index (Phi) is 5.80. The minimum atomic E-state index is -0.330. The summed E-state index contributed by atoms with van der Waals surface area (Å²) >= 11 is 0. The molecule has 1 amide bonds. The Morgan fingerprint density at radius 3 is 2.55 bits per heavy atom. The fourth-order valence-corrected chi connectivity index (χ4v) is 1.63. The molecular weight excluding hydrogens is 252 g/mol. The molecule has 5 nitrogen and oxygen atoms in total. The summed E-state index contributed by atoms with van der Waals surface area (Å²) in [6.45, 7) is 10.7. The van der Waals surface area contributed by atoms with Crippen LogP contribution in [-0.4, -0.2) is 29.0 Å². The molecule has 1 aromatic heterocycles. The summed E-state index contributed by atoms with van der Waals surface area (Å²) in [5.41, 5.74) is -0.231. The normalized spacial score (nSPS) is 12.7. The molecule has 0 radical (unpaired) electrons. The van der Waals surface area contributed by atoms with Gasteiger partial charge in [-0.3, -0.25) is 4.79 Å². The third-order valence-corrected chi connectivity index (χ3v) is 2.56. The number of carbonyl (C=O) groups excluding carboxylic acids is 1. The molecule has 0 aromatic carbocycles. The van der Waals surface area contributed by atoms with E-state index in [0.717, 1.165) is 18.8 Å². The molecule has 0 saturated heterocycles. The van der Waals surface area contributed by atoms with E-state index < -0.39 is 0 Å². The van der Waals surface area contributed by atoms with Crippen molar-refractivity contribution in [3.8, 4) is 0 Å². The van der Waals surface area contributed by atoms with Gasteiger partial charge < -0.3 is 16.0 Å². The van der Waals surface area contributed by atoms with Crippen LogP contribution in [0.1, 0.15) is 41.0 Å².